The first-order valence-electron chi connectivity index (χ1n) is 5.68. The zero-order chi connectivity index (χ0) is 11.9. The summed E-state index contributed by atoms with van der Waals surface area (Å²) < 4.78 is 4.92. The number of carbonyl (C=O) groups excluding carboxylic acids is 1. The van der Waals surface area contributed by atoms with E-state index in [4.69, 9.17) is 4.74 Å². The predicted molar refractivity (Wildman–Crippen MR) is 63.6 cm³/mol. The lowest BCUT2D eigenvalue weighted by Crippen LogP contribution is -2.23. The maximum Gasteiger partial charge on any atom is 0.316 e. The molecule has 86 valence electrons. The second kappa shape index (κ2) is 3.62. The zero-order valence-corrected chi connectivity index (χ0v) is 10.4. The van der Waals surface area contributed by atoms with Crippen LogP contribution in [0.4, 0.5) is 0 Å². The Morgan fingerprint density at radius 3 is 2.19 bits per heavy atom. The van der Waals surface area contributed by atoms with Crippen molar-refractivity contribution in [3.63, 3.8) is 0 Å². The van der Waals surface area contributed by atoms with Gasteiger partial charge in [0.15, 0.2) is 0 Å². The van der Waals surface area contributed by atoms with Gasteiger partial charge in [-0.05, 0) is 55.9 Å². The molecule has 2 rings (SSSR count). The number of esters is 1. The molecule has 0 bridgehead atoms. The van der Waals surface area contributed by atoms with Gasteiger partial charge in [-0.25, -0.2) is 0 Å². The van der Waals surface area contributed by atoms with E-state index in [2.05, 4.69) is 32.9 Å². The van der Waals surface area contributed by atoms with Crippen LogP contribution >= 0.6 is 0 Å². The van der Waals surface area contributed by atoms with Crippen molar-refractivity contribution in [2.75, 3.05) is 7.11 Å². The Morgan fingerprint density at radius 2 is 1.69 bits per heavy atom. The molecular formula is C14H18O2. The van der Waals surface area contributed by atoms with Crippen molar-refractivity contribution in [2.45, 2.75) is 39.0 Å². The monoisotopic (exact) mass is 218 g/mol. The third-order valence-electron chi connectivity index (χ3n) is 3.68. The summed E-state index contributed by atoms with van der Waals surface area (Å²) in [6, 6.07) is 4.31. The SMILES string of the molecule is COC(=O)C1(c2cc(C)c(C)cc2C)CC1. The molecule has 1 aliphatic rings. The zero-order valence-electron chi connectivity index (χ0n) is 10.4. The van der Waals surface area contributed by atoms with E-state index < -0.39 is 0 Å². The van der Waals surface area contributed by atoms with Gasteiger partial charge < -0.3 is 4.74 Å². The molecule has 0 radical (unpaired) electrons. The molecule has 0 saturated heterocycles. The first-order chi connectivity index (χ1) is 7.51. The number of hydrogen-bond acceptors (Lipinski definition) is 2. The van der Waals surface area contributed by atoms with Gasteiger partial charge in [-0.1, -0.05) is 12.1 Å². The smallest absolute Gasteiger partial charge is 0.316 e. The Hall–Kier alpha value is -1.31. The molecule has 2 nitrogen and oxygen atoms in total. The molecule has 1 aromatic rings. The third-order valence-corrected chi connectivity index (χ3v) is 3.68. The molecule has 1 aromatic carbocycles. The van der Waals surface area contributed by atoms with Crippen molar-refractivity contribution in [1.82, 2.24) is 0 Å². The number of carbonyl (C=O) groups is 1. The van der Waals surface area contributed by atoms with Crippen LogP contribution in [0.15, 0.2) is 12.1 Å². The van der Waals surface area contributed by atoms with E-state index in [0.29, 0.717) is 0 Å². The van der Waals surface area contributed by atoms with Crippen LogP contribution in [-0.2, 0) is 14.9 Å². The summed E-state index contributed by atoms with van der Waals surface area (Å²) in [6.07, 6.45) is 1.84. The predicted octanol–water partition coefficient (Wildman–Crippen LogP) is 2.82. The van der Waals surface area contributed by atoms with E-state index in [0.717, 1.165) is 18.4 Å². The van der Waals surface area contributed by atoms with Crippen LogP contribution < -0.4 is 0 Å². The van der Waals surface area contributed by atoms with Gasteiger partial charge in [-0.15, -0.1) is 0 Å². The minimum Gasteiger partial charge on any atom is -0.468 e. The molecule has 1 saturated carbocycles. The molecule has 1 aliphatic carbocycles. The molecular weight excluding hydrogens is 200 g/mol. The second-order valence-electron chi connectivity index (χ2n) is 4.83. The molecule has 0 atom stereocenters. The highest BCUT2D eigenvalue weighted by atomic mass is 16.5. The van der Waals surface area contributed by atoms with Gasteiger partial charge in [0.1, 0.15) is 0 Å². The maximum atomic E-state index is 11.8. The summed E-state index contributed by atoms with van der Waals surface area (Å²) in [5.41, 5.74) is 4.54. The molecule has 0 amide bonds. The van der Waals surface area contributed by atoms with Gasteiger partial charge in [0.25, 0.3) is 0 Å². The van der Waals surface area contributed by atoms with Gasteiger partial charge in [0.2, 0.25) is 0 Å². The van der Waals surface area contributed by atoms with Gasteiger partial charge in [-0.2, -0.15) is 0 Å². The number of rotatable bonds is 2. The number of hydrogen-bond donors (Lipinski definition) is 0. The highest BCUT2D eigenvalue weighted by molar-refractivity contribution is 5.87. The van der Waals surface area contributed by atoms with Crippen LogP contribution in [0, 0.1) is 20.8 Å². The Morgan fingerprint density at radius 1 is 1.12 bits per heavy atom. The van der Waals surface area contributed by atoms with Gasteiger partial charge >= 0.3 is 5.97 Å². The first-order valence-corrected chi connectivity index (χ1v) is 5.68. The Labute approximate surface area is 96.6 Å². The lowest BCUT2D eigenvalue weighted by molar-refractivity contribution is -0.143. The molecule has 0 heterocycles. The van der Waals surface area contributed by atoms with Crippen LogP contribution in [-0.4, -0.2) is 13.1 Å². The minimum absolute atomic E-state index is 0.0844. The Bertz CT molecular complexity index is 442. The summed E-state index contributed by atoms with van der Waals surface area (Å²) in [6.45, 7) is 6.26. The summed E-state index contributed by atoms with van der Waals surface area (Å²) in [7, 11) is 1.47. The lowest BCUT2D eigenvalue weighted by atomic mass is 9.89. The number of aryl methyl sites for hydroxylation is 3. The molecule has 2 heteroatoms. The first kappa shape index (κ1) is 11.2. The fraction of sp³-hybridized carbons (Fsp3) is 0.500. The normalized spacial score (nSPS) is 17.0. The van der Waals surface area contributed by atoms with Crippen molar-refractivity contribution in [2.24, 2.45) is 0 Å². The average molecular weight is 218 g/mol. The van der Waals surface area contributed by atoms with Crippen molar-refractivity contribution in [3.8, 4) is 0 Å². The molecule has 1 fully saturated rings. The minimum atomic E-state index is -0.336. The van der Waals surface area contributed by atoms with Crippen LogP contribution in [0.25, 0.3) is 0 Å². The van der Waals surface area contributed by atoms with Crippen molar-refractivity contribution in [3.05, 3.63) is 34.4 Å². The van der Waals surface area contributed by atoms with E-state index in [1.807, 2.05) is 0 Å². The van der Waals surface area contributed by atoms with Crippen molar-refractivity contribution >= 4 is 5.97 Å². The van der Waals surface area contributed by atoms with Gasteiger partial charge in [0.05, 0.1) is 12.5 Å². The standard InChI is InChI=1S/C14H18O2/c1-9-7-11(3)12(8-10(9)2)14(5-6-14)13(15)16-4/h7-8H,5-6H2,1-4H3. The summed E-state index contributed by atoms with van der Waals surface area (Å²) in [5.74, 6) is -0.0844. The fourth-order valence-electron chi connectivity index (χ4n) is 2.38. The van der Waals surface area contributed by atoms with E-state index in [1.165, 1.54) is 23.8 Å². The molecule has 0 N–H and O–H groups in total. The maximum absolute atomic E-state index is 11.8. The Balaban J connectivity index is 2.49. The summed E-state index contributed by atoms with van der Waals surface area (Å²) >= 11 is 0. The van der Waals surface area contributed by atoms with Crippen molar-refractivity contribution in [1.29, 1.82) is 0 Å². The van der Waals surface area contributed by atoms with Crippen LogP contribution in [0.2, 0.25) is 0 Å². The van der Waals surface area contributed by atoms with Crippen LogP contribution in [0.5, 0.6) is 0 Å². The van der Waals surface area contributed by atoms with E-state index >= 15 is 0 Å². The summed E-state index contributed by atoms with van der Waals surface area (Å²) in [5, 5.41) is 0. The number of methoxy groups -OCH3 is 1. The molecule has 0 aliphatic heterocycles. The Kier molecular flexibility index (Phi) is 2.53. The molecule has 0 aromatic heterocycles. The number of benzene rings is 1. The van der Waals surface area contributed by atoms with Gasteiger partial charge in [-0.3, -0.25) is 4.79 Å². The fourth-order valence-corrected chi connectivity index (χ4v) is 2.38. The van der Waals surface area contributed by atoms with Crippen molar-refractivity contribution < 1.29 is 9.53 Å². The largest absolute Gasteiger partial charge is 0.468 e. The summed E-state index contributed by atoms with van der Waals surface area (Å²) in [4.78, 5) is 11.8. The third kappa shape index (κ3) is 1.53. The molecule has 0 unspecified atom stereocenters. The topological polar surface area (TPSA) is 26.3 Å². The highest BCUT2D eigenvalue weighted by Crippen LogP contribution is 2.50. The quantitative estimate of drug-likeness (QED) is 0.713. The highest BCUT2D eigenvalue weighted by Gasteiger charge is 2.53. The molecule has 0 spiro atoms. The van der Waals surface area contributed by atoms with Crippen LogP contribution in [0.3, 0.4) is 0 Å². The van der Waals surface area contributed by atoms with Crippen LogP contribution in [0.1, 0.15) is 35.1 Å². The molecule has 16 heavy (non-hydrogen) atoms. The second-order valence-corrected chi connectivity index (χ2v) is 4.83. The number of ether oxygens (including phenoxy) is 1. The van der Waals surface area contributed by atoms with E-state index in [9.17, 15) is 4.79 Å². The van der Waals surface area contributed by atoms with E-state index in [1.54, 1.807) is 0 Å². The average Bonchev–Trinajstić information content (AvgIpc) is 3.03. The lowest BCUT2D eigenvalue weighted by Gasteiger charge is -2.17. The van der Waals surface area contributed by atoms with Gasteiger partial charge in [0, 0.05) is 0 Å². The van der Waals surface area contributed by atoms with E-state index in [-0.39, 0.29) is 11.4 Å².